The van der Waals surface area contributed by atoms with Gasteiger partial charge >= 0.3 is 0 Å². The minimum atomic E-state index is 0. The van der Waals surface area contributed by atoms with Crippen LogP contribution in [0.2, 0.25) is 0 Å². The normalized spacial score (nSPS) is 10.5. The van der Waals surface area contributed by atoms with Gasteiger partial charge in [0.15, 0.2) is 0 Å². The van der Waals surface area contributed by atoms with Gasteiger partial charge in [0, 0.05) is 21.7 Å². The van der Waals surface area contributed by atoms with Gasteiger partial charge in [-0.25, -0.2) is 0 Å². The summed E-state index contributed by atoms with van der Waals surface area (Å²) in [5, 5.41) is 0. The van der Waals surface area contributed by atoms with E-state index in [1.807, 2.05) is 0 Å². The number of hydrogen-bond acceptors (Lipinski definition) is 0. The third kappa shape index (κ3) is 32.4. The van der Waals surface area contributed by atoms with Crippen molar-refractivity contribution >= 4 is 0 Å². The van der Waals surface area contributed by atoms with Crippen LogP contribution in [0.5, 0.6) is 0 Å². The molecule has 0 saturated carbocycles. The summed E-state index contributed by atoms with van der Waals surface area (Å²) in [6.45, 7) is 11.8. The van der Waals surface area contributed by atoms with Crippen LogP contribution < -0.4 is 0 Å². The van der Waals surface area contributed by atoms with E-state index in [1.54, 1.807) is 22.3 Å². The molecule has 5 heteroatoms. The topological polar surface area (TPSA) is 126 Å². The summed E-state index contributed by atoms with van der Waals surface area (Å²) in [7, 11) is 0. The Bertz CT molecular complexity index is 770. The fourth-order valence-electron chi connectivity index (χ4n) is 7.52. The Morgan fingerprint density at radius 2 is 0.600 bits per heavy atom. The summed E-state index contributed by atoms with van der Waals surface area (Å²) in [6, 6.07) is 5.11. The quantitative estimate of drug-likeness (QED) is 0.0492. The number of rotatable bonds is 34. The molecule has 1 rings (SSSR count). The van der Waals surface area contributed by atoms with Crippen molar-refractivity contribution in [1.29, 1.82) is 0 Å². The van der Waals surface area contributed by atoms with Crippen molar-refractivity contribution in [2.45, 2.75) is 252 Å². The van der Waals surface area contributed by atoms with Crippen LogP contribution in [0.4, 0.5) is 0 Å². The molecule has 8 N–H and O–H groups in total. The number of benzene rings is 1. The van der Waals surface area contributed by atoms with E-state index in [2.05, 4.69) is 46.8 Å². The number of hydrogen-bond donors (Lipinski definition) is 0. The molecule has 0 aromatic heterocycles. The molecule has 300 valence electrons. The predicted molar refractivity (Wildman–Crippen MR) is 222 cm³/mol. The molecule has 0 atom stereocenters. The summed E-state index contributed by atoms with van der Waals surface area (Å²) < 4.78 is 0. The fourth-order valence-corrected chi connectivity index (χ4v) is 7.52. The average molecular weight is 745 g/mol. The smallest absolute Gasteiger partial charge is 0 e. The molecule has 0 unspecified atom stereocenters. The van der Waals surface area contributed by atoms with E-state index in [-0.39, 0.29) is 43.6 Å². The predicted octanol–water partition coefficient (Wildman–Crippen LogP) is 12.9. The van der Waals surface area contributed by atoms with Crippen LogP contribution in [0.1, 0.15) is 255 Å². The van der Waals surface area contributed by atoms with Crippen molar-refractivity contribution in [3.8, 4) is 0 Å². The first-order valence-electron chi connectivity index (χ1n) is 21.3. The summed E-state index contributed by atoms with van der Waals surface area (Å²) in [5.74, 6) is 0.640. The van der Waals surface area contributed by atoms with Crippen LogP contribution in [-0.4, -0.2) is 21.9 Å². The first kappa shape index (κ1) is 59.1. The van der Waals surface area contributed by atoms with Crippen LogP contribution in [-0.2, 0) is 41.0 Å². The van der Waals surface area contributed by atoms with E-state index in [9.17, 15) is 0 Å². The van der Waals surface area contributed by atoms with Crippen LogP contribution in [0, 0.1) is 0 Å². The molecule has 0 radical (unpaired) electrons. The second kappa shape index (κ2) is 44.9. The van der Waals surface area contributed by atoms with Gasteiger partial charge in [-0.15, -0.1) is 0 Å². The minimum Gasteiger partial charge on any atom is -0.412 e. The largest absolute Gasteiger partial charge is 0.412 e. The molecule has 0 aliphatic heterocycles. The van der Waals surface area contributed by atoms with E-state index < -0.39 is 0 Å². The van der Waals surface area contributed by atoms with E-state index in [1.165, 1.54) is 212 Å². The first-order chi connectivity index (χ1) is 22.2. The van der Waals surface area contributed by atoms with Gasteiger partial charge in [0.1, 0.15) is 0 Å². The molecule has 0 aliphatic rings. The zero-order valence-electron chi connectivity index (χ0n) is 34.6. The molecule has 0 aliphatic carbocycles. The molecular formula is C45H92O4Ti. The van der Waals surface area contributed by atoms with Crippen LogP contribution in [0.3, 0.4) is 0 Å². The van der Waals surface area contributed by atoms with Gasteiger partial charge in [-0.2, -0.15) is 0 Å². The maximum Gasteiger partial charge on any atom is 0 e. The first-order valence-corrected chi connectivity index (χ1v) is 21.3. The van der Waals surface area contributed by atoms with Gasteiger partial charge in [-0.05, 0) is 66.7 Å². The Balaban J connectivity index is -0.00000135. The third-order valence-electron chi connectivity index (χ3n) is 10.5. The van der Waals surface area contributed by atoms with Gasteiger partial charge in [-0.1, -0.05) is 220 Å². The SMILES string of the molecule is CCCCCCCCCCCCc1ccc(C(C)C)c(CCCCCCCCCCCC)c1CCCCCCCCCCCC.O.O.O.O.[Ti]. The zero-order chi connectivity index (χ0) is 32.6. The summed E-state index contributed by atoms with van der Waals surface area (Å²) in [5.41, 5.74) is 6.97. The van der Waals surface area contributed by atoms with E-state index in [0.29, 0.717) is 5.92 Å². The van der Waals surface area contributed by atoms with Crippen molar-refractivity contribution in [2.24, 2.45) is 0 Å². The Morgan fingerprint density at radius 3 is 0.900 bits per heavy atom. The summed E-state index contributed by atoms with van der Waals surface area (Å²) >= 11 is 0. The number of aryl methyl sites for hydroxylation is 1. The average Bonchev–Trinajstić information content (AvgIpc) is 3.04. The van der Waals surface area contributed by atoms with Crippen LogP contribution in [0.25, 0.3) is 0 Å². The molecular weight excluding hydrogens is 652 g/mol. The van der Waals surface area contributed by atoms with Crippen LogP contribution >= 0.6 is 0 Å². The Morgan fingerprint density at radius 1 is 0.340 bits per heavy atom. The minimum absolute atomic E-state index is 0. The van der Waals surface area contributed by atoms with Crippen molar-refractivity contribution in [2.75, 3.05) is 0 Å². The molecule has 0 amide bonds. The maximum atomic E-state index is 2.57. The second-order valence-corrected chi connectivity index (χ2v) is 15.2. The van der Waals surface area contributed by atoms with Gasteiger partial charge < -0.3 is 21.9 Å². The molecule has 1 aromatic carbocycles. The fraction of sp³-hybridized carbons (Fsp3) is 0.867. The number of unbranched alkanes of at least 4 members (excludes halogenated alkanes) is 27. The summed E-state index contributed by atoms with van der Waals surface area (Å²) in [4.78, 5) is 0. The second-order valence-electron chi connectivity index (χ2n) is 15.2. The van der Waals surface area contributed by atoms with Crippen molar-refractivity contribution in [1.82, 2.24) is 0 Å². The molecule has 0 spiro atoms. The van der Waals surface area contributed by atoms with Gasteiger partial charge in [0.2, 0.25) is 0 Å². The molecule has 50 heavy (non-hydrogen) atoms. The van der Waals surface area contributed by atoms with E-state index >= 15 is 0 Å². The van der Waals surface area contributed by atoms with Gasteiger partial charge in [0.05, 0.1) is 0 Å². The van der Waals surface area contributed by atoms with Crippen molar-refractivity contribution < 1.29 is 43.6 Å². The molecule has 0 heterocycles. The van der Waals surface area contributed by atoms with E-state index in [0.717, 1.165) is 0 Å². The van der Waals surface area contributed by atoms with Crippen LogP contribution in [0.15, 0.2) is 12.1 Å². The Hall–Kier alpha value is -0.226. The Kier molecular flexibility index (Phi) is 53.1. The van der Waals surface area contributed by atoms with Crippen molar-refractivity contribution in [3.05, 3.63) is 34.4 Å². The maximum absolute atomic E-state index is 2.57. The molecule has 4 nitrogen and oxygen atoms in total. The molecule has 0 saturated heterocycles. The molecule has 0 bridgehead atoms. The van der Waals surface area contributed by atoms with Crippen molar-refractivity contribution in [3.63, 3.8) is 0 Å². The van der Waals surface area contributed by atoms with E-state index in [4.69, 9.17) is 0 Å². The van der Waals surface area contributed by atoms with Gasteiger partial charge in [-0.3, -0.25) is 0 Å². The summed E-state index contributed by atoms with van der Waals surface area (Å²) in [6.07, 6.45) is 47.0. The zero-order valence-corrected chi connectivity index (χ0v) is 36.1. The Labute approximate surface area is 329 Å². The molecule has 0 fully saturated rings. The third-order valence-corrected chi connectivity index (χ3v) is 10.5. The van der Waals surface area contributed by atoms with Gasteiger partial charge in [0.25, 0.3) is 0 Å². The standard InChI is InChI=1S/C45H84.4H2O.Ti/c1-6-9-12-15-18-21-24-27-30-33-36-42-39-40-43(41(4)5)45(38-35-32-29-26-23-20-17-14-11-8-3)44(42)37-34-31-28-25-22-19-16-13-10-7-2;;;;;/h39-41H,6-38H2,1-5H3;4*1H2;. The molecule has 1 aromatic rings. The monoisotopic (exact) mass is 745 g/mol.